The number of rotatable bonds is 4. The van der Waals surface area contributed by atoms with E-state index in [-0.39, 0.29) is 17.6 Å². The smallest absolute Gasteiger partial charge is 0.161 e. The van der Waals surface area contributed by atoms with Crippen molar-refractivity contribution in [3.63, 3.8) is 0 Å². The Morgan fingerprint density at radius 2 is 2.06 bits per heavy atom. The van der Waals surface area contributed by atoms with Crippen LogP contribution >= 0.6 is 0 Å². The van der Waals surface area contributed by atoms with Gasteiger partial charge in [-0.3, -0.25) is 0 Å². The third-order valence-corrected chi connectivity index (χ3v) is 2.94. The van der Waals surface area contributed by atoms with Crippen molar-refractivity contribution < 1.29 is 9.84 Å². The summed E-state index contributed by atoms with van der Waals surface area (Å²) in [7, 11) is 0. The van der Waals surface area contributed by atoms with Crippen LogP contribution in [0.15, 0.2) is 18.2 Å². The molecule has 0 heterocycles. The lowest BCUT2D eigenvalue weighted by molar-refractivity contribution is 0.315. The van der Waals surface area contributed by atoms with E-state index >= 15 is 0 Å². The lowest BCUT2D eigenvalue weighted by atomic mass is 9.88. The molecule has 2 heteroatoms. The van der Waals surface area contributed by atoms with Crippen LogP contribution in [-0.4, -0.2) is 11.7 Å². The minimum atomic E-state index is 0.183. The zero-order chi connectivity index (χ0) is 12.8. The van der Waals surface area contributed by atoms with E-state index in [9.17, 15) is 5.11 Å². The molecule has 2 unspecified atom stereocenters. The molecule has 0 radical (unpaired) electrons. The number of aromatic hydroxyl groups is 1. The molecule has 17 heavy (non-hydrogen) atoms. The second kappa shape index (κ2) is 6.20. The van der Waals surface area contributed by atoms with Gasteiger partial charge in [0.1, 0.15) is 0 Å². The van der Waals surface area contributed by atoms with Crippen LogP contribution in [0, 0.1) is 17.8 Å². The zero-order valence-corrected chi connectivity index (χ0v) is 10.9. The zero-order valence-electron chi connectivity index (χ0n) is 10.9. The largest absolute Gasteiger partial charge is 0.504 e. The summed E-state index contributed by atoms with van der Waals surface area (Å²) < 4.78 is 5.38. The SMILES string of the molecule is CC#CC(C)C(C)c1cccc(OCC)c1O. The molecular formula is C15H20O2. The van der Waals surface area contributed by atoms with E-state index in [1.807, 2.05) is 26.0 Å². The highest BCUT2D eigenvalue weighted by Gasteiger charge is 2.18. The van der Waals surface area contributed by atoms with Gasteiger partial charge in [0.2, 0.25) is 0 Å². The Morgan fingerprint density at radius 3 is 2.65 bits per heavy atom. The third kappa shape index (κ3) is 3.17. The van der Waals surface area contributed by atoms with E-state index in [1.165, 1.54) is 0 Å². The van der Waals surface area contributed by atoms with Crippen LogP contribution in [0.1, 0.15) is 39.2 Å². The predicted octanol–water partition coefficient (Wildman–Crippen LogP) is 3.55. The van der Waals surface area contributed by atoms with E-state index < -0.39 is 0 Å². The van der Waals surface area contributed by atoms with E-state index in [0.29, 0.717) is 12.4 Å². The molecule has 0 bridgehead atoms. The highest BCUT2D eigenvalue weighted by atomic mass is 16.5. The fourth-order valence-corrected chi connectivity index (χ4v) is 1.80. The Kier molecular flexibility index (Phi) is 4.90. The molecule has 0 aromatic heterocycles. The molecule has 2 nitrogen and oxygen atoms in total. The Balaban J connectivity index is 3.04. The van der Waals surface area contributed by atoms with Gasteiger partial charge in [0.15, 0.2) is 11.5 Å². The predicted molar refractivity (Wildman–Crippen MR) is 70.3 cm³/mol. The Labute approximate surface area is 104 Å². The molecule has 92 valence electrons. The fourth-order valence-electron chi connectivity index (χ4n) is 1.80. The highest BCUT2D eigenvalue weighted by Crippen LogP contribution is 2.37. The average Bonchev–Trinajstić information content (AvgIpc) is 2.31. The van der Waals surface area contributed by atoms with Gasteiger partial charge in [-0.25, -0.2) is 0 Å². The van der Waals surface area contributed by atoms with E-state index in [1.54, 1.807) is 6.07 Å². The summed E-state index contributed by atoms with van der Waals surface area (Å²) in [6.45, 7) is 8.42. The first-order valence-corrected chi connectivity index (χ1v) is 5.98. The molecule has 0 spiro atoms. The first kappa shape index (κ1) is 13.4. The Morgan fingerprint density at radius 1 is 1.35 bits per heavy atom. The lowest BCUT2D eigenvalue weighted by Gasteiger charge is -2.18. The number of benzene rings is 1. The normalized spacial score (nSPS) is 13.4. The van der Waals surface area contributed by atoms with E-state index in [4.69, 9.17) is 4.74 Å². The standard InChI is InChI=1S/C15H20O2/c1-5-8-11(3)12(4)13-9-7-10-14(15(13)16)17-6-2/h7,9-12,16H,6H2,1-4H3. The maximum Gasteiger partial charge on any atom is 0.161 e. The van der Waals surface area contributed by atoms with Crippen LogP contribution < -0.4 is 4.74 Å². The quantitative estimate of drug-likeness (QED) is 0.804. The summed E-state index contributed by atoms with van der Waals surface area (Å²) in [6, 6.07) is 5.62. The number of phenolic OH excluding ortho intramolecular Hbond substituents is 1. The van der Waals surface area contributed by atoms with Gasteiger partial charge in [-0.05, 0) is 25.8 Å². The second-order valence-electron chi connectivity index (χ2n) is 4.10. The molecule has 0 saturated heterocycles. The third-order valence-electron chi connectivity index (χ3n) is 2.94. The summed E-state index contributed by atoms with van der Waals surface area (Å²) in [5.41, 5.74) is 0.895. The van der Waals surface area contributed by atoms with Gasteiger partial charge in [0.25, 0.3) is 0 Å². The first-order valence-electron chi connectivity index (χ1n) is 5.98. The van der Waals surface area contributed by atoms with Crippen molar-refractivity contribution in [3.05, 3.63) is 23.8 Å². The summed E-state index contributed by atoms with van der Waals surface area (Å²) in [5, 5.41) is 10.1. The van der Waals surface area contributed by atoms with Crippen molar-refractivity contribution >= 4 is 0 Å². The first-order chi connectivity index (χ1) is 8.11. The molecule has 0 aliphatic heterocycles. The summed E-state index contributed by atoms with van der Waals surface area (Å²) in [6.07, 6.45) is 0. The van der Waals surface area contributed by atoms with Gasteiger partial charge in [-0.2, -0.15) is 0 Å². The van der Waals surface area contributed by atoms with Crippen LogP contribution in [-0.2, 0) is 0 Å². The average molecular weight is 232 g/mol. The van der Waals surface area contributed by atoms with Crippen LogP contribution in [0.2, 0.25) is 0 Å². The topological polar surface area (TPSA) is 29.5 Å². The minimum Gasteiger partial charge on any atom is -0.504 e. The summed E-state index contributed by atoms with van der Waals surface area (Å²) in [5.74, 6) is 7.22. The highest BCUT2D eigenvalue weighted by molar-refractivity contribution is 5.47. The van der Waals surface area contributed by atoms with Gasteiger partial charge in [-0.1, -0.05) is 31.9 Å². The monoisotopic (exact) mass is 232 g/mol. The van der Waals surface area contributed by atoms with Crippen molar-refractivity contribution in [1.29, 1.82) is 0 Å². The molecule has 0 aliphatic carbocycles. The summed E-state index contributed by atoms with van der Waals surface area (Å²) >= 11 is 0. The number of phenols is 1. The molecule has 0 aliphatic rings. The number of ether oxygens (including phenoxy) is 1. The van der Waals surface area contributed by atoms with Gasteiger partial charge in [-0.15, -0.1) is 5.92 Å². The summed E-state index contributed by atoms with van der Waals surface area (Å²) in [4.78, 5) is 0. The van der Waals surface area contributed by atoms with Crippen LogP contribution in [0.3, 0.4) is 0 Å². The Hall–Kier alpha value is -1.62. The maximum atomic E-state index is 10.1. The van der Waals surface area contributed by atoms with Crippen LogP contribution in [0.25, 0.3) is 0 Å². The number of hydrogen-bond donors (Lipinski definition) is 1. The van der Waals surface area contributed by atoms with Gasteiger partial charge in [0, 0.05) is 11.5 Å². The van der Waals surface area contributed by atoms with Crippen molar-refractivity contribution in [2.45, 2.75) is 33.6 Å². The number of para-hydroxylation sites is 1. The van der Waals surface area contributed by atoms with Crippen molar-refractivity contribution in [1.82, 2.24) is 0 Å². The van der Waals surface area contributed by atoms with Crippen molar-refractivity contribution in [2.75, 3.05) is 6.61 Å². The Bertz CT molecular complexity index is 426. The van der Waals surface area contributed by atoms with Gasteiger partial charge in [0.05, 0.1) is 6.61 Å². The van der Waals surface area contributed by atoms with Crippen LogP contribution in [0.5, 0.6) is 11.5 Å². The van der Waals surface area contributed by atoms with Gasteiger partial charge >= 0.3 is 0 Å². The van der Waals surface area contributed by atoms with E-state index in [0.717, 1.165) is 5.56 Å². The molecule has 1 aromatic rings. The minimum absolute atomic E-state index is 0.183. The molecule has 1 aromatic carbocycles. The molecule has 0 saturated carbocycles. The molecule has 1 N–H and O–H groups in total. The maximum absolute atomic E-state index is 10.1. The number of hydrogen-bond acceptors (Lipinski definition) is 2. The van der Waals surface area contributed by atoms with Gasteiger partial charge < -0.3 is 9.84 Å². The van der Waals surface area contributed by atoms with E-state index in [2.05, 4.69) is 25.7 Å². The molecule has 2 atom stereocenters. The second-order valence-corrected chi connectivity index (χ2v) is 4.10. The molecule has 1 rings (SSSR count). The lowest BCUT2D eigenvalue weighted by Crippen LogP contribution is -2.05. The van der Waals surface area contributed by atoms with Crippen molar-refractivity contribution in [2.24, 2.45) is 5.92 Å². The fraction of sp³-hybridized carbons (Fsp3) is 0.467. The molecule has 0 amide bonds. The molecule has 0 fully saturated rings. The van der Waals surface area contributed by atoms with Crippen LogP contribution in [0.4, 0.5) is 0 Å². The van der Waals surface area contributed by atoms with Crippen molar-refractivity contribution in [3.8, 4) is 23.3 Å². The molecular weight excluding hydrogens is 212 g/mol.